The molecule has 1 fully saturated rings. The van der Waals surface area contributed by atoms with Crippen LogP contribution in [0.1, 0.15) is 16.7 Å². The maximum Gasteiger partial charge on any atom is 0.242 e. The average molecular weight is 361 g/mol. The molecule has 0 N–H and O–H groups in total. The zero-order valence-corrected chi connectivity index (χ0v) is 15.5. The summed E-state index contributed by atoms with van der Waals surface area (Å²) in [6.07, 6.45) is 7.36. The number of carbonyl (C=O) groups is 1. The summed E-state index contributed by atoms with van der Waals surface area (Å²) in [5.74, 6) is 0.999. The van der Waals surface area contributed by atoms with Crippen molar-refractivity contribution in [2.45, 2.75) is 20.0 Å². The summed E-state index contributed by atoms with van der Waals surface area (Å²) in [5, 5.41) is 0. The second-order valence-corrected chi connectivity index (χ2v) is 6.98. The lowest BCUT2D eigenvalue weighted by atomic mass is 10.1. The number of benzene rings is 1. The Balaban J connectivity index is 1.36. The first kappa shape index (κ1) is 17.3. The van der Waals surface area contributed by atoms with Crippen molar-refractivity contribution in [3.63, 3.8) is 0 Å². The Morgan fingerprint density at radius 2 is 1.81 bits per heavy atom. The largest absolute Gasteiger partial charge is 0.346 e. The molecule has 3 aromatic rings. The van der Waals surface area contributed by atoms with Crippen molar-refractivity contribution in [3.05, 3.63) is 78.0 Å². The molecule has 0 saturated carbocycles. The Labute approximate surface area is 159 Å². The van der Waals surface area contributed by atoms with Gasteiger partial charge in [0, 0.05) is 44.8 Å². The molecule has 1 aromatic carbocycles. The van der Waals surface area contributed by atoms with Crippen LogP contribution in [0.5, 0.6) is 0 Å². The van der Waals surface area contributed by atoms with Crippen LogP contribution in [0.25, 0.3) is 0 Å². The molecule has 0 bridgehead atoms. The van der Waals surface area contributed by atoms with E-state index in [1.807, 2.05) is 27.9 Å². The molecule has 2 aromatic heterocycles. The Morgan fingerprint density at radius 1 is 1.00 bits per heavy atom. The number of aromatic nitrogens is 3. The lowest BCUT2D eigenvalue weighted by Gasteiger charge is -2.35. The fourth-order valence-corrected chi connectivity index (χ4v) is 3.27. The quantitative estimate of drug-likeness (QED) is 0.701. The second kappa shape index (κ2) is 7.61. The number of hydrogen-bond acceptors (Lipinski definition) is 4. The number of imidazole rings is 1. The van der Waals surface area contributed by atoms with Gasteiger partial charge in [0.1, 0.15) is 5.82 Å². The number of aryl methyl sites for hydroxylation is 1. The van der Waals surface area contributed by atoms with Gasteiger partial charge in [-0.1, -0.05) is 35.9 Å². The summed E-state index contributed by atoms with van der Waals surface area (Å²) in [4.78, 5) is 25.2. The van der Waals surface area contributed by atoms with Gasteiger partial charge in [0.2, 0.25) is 5.91 Å². The highest BCUT2D eigenvalue weighted by atomic mass is 16.2. The first-order chi connectivity index (χ1) is 13.2. The van der Waals surface area contributed by atoms with E-state index >= 15 is 0 Å². The van der Waals surface area contributed by atoms with Gasteiger partial charge >= 0.3 is 0 Å². The number of rotatable bonds is 5. The maximum atomic E-state index is 12.6. The molecule has 138 valence electrons. The molecule has 6 nitrogen and oxygen atoms in total. The number of carbonyl (C=O) groups excluding carboxylic acids is 1. The zero-order chi connectivity index (χ0) is 18.6. The summed E-state index contributed by atoms with van der Waals surface area (Å²) in [6, 6.07) is 12.4. The lowest BCUT2D eigenvalue weighted by Crippen LogP contribution is -2.50. The first-order valence-electron chi connectivity index (χ1n) is 9.16. The van der Waals surface area contributed by atoms with Crippen molar-refractivity contribution < 1.29 is 4.79 Å². The van der Waals surface area contributed by atoms with Crippen molar-refractivity contribution in [2.24, 2.45) is 0 Å². The number of piperazine rings is 1. The van der Waals surface area contributed by atoms with Crippen molar-refractivity contribution in [2.75, 3.05) is 24.5 Å². The van der Waals surface area contributed by atoms with Crippen molar-refractivity contribution >= 4 is 11.7 Å². The van der Waals surface area contributed by atoms with Gasteiger partial charge in [0.25, 0.3) is 0 Å². The number of nitrogens with zero attached hydrogens (tertiary/aromatic N) is 5. The Hall–Kier alpha value is -3.15. The molecule has 3 heterocycles. The minimum absolute atomic E-state index is 0.145. The van der Waals surface area contributed by atoms with Crippen LogP contribution in [0.3, 0.4) is 0 Å². The van der Waals surface area contributed by atoms with Gasteiger partial charge in [-0.2, -0.15) is 0 Å². The smallest absolute Gasteiger partial charge is 0.242 e. The average Bonchev–Trinajstić information content (AvgIpc) is 3.19. The molecular weight excluding hydrogens is 338 g/mol. The minimum atomic E-state index is 0.145. The number of hydrogen-bond donors (Lipinski definition) is 0. The Bertz CT molecular complexity index is 887. The van der Waals surface area contributed by atoms with E-state index in [2.05, 4.69) is 52.1 Å². The van der Waals surface area contributed by atoms with Crippen LogP contribution in [0.4, 0.5) is 5.82 Å². The van der Waals surface area contributed by atoms with Gasteiger partial charge in [-0.15, -0.1) is 0 Å². The topological polar surface area (TPSA) is 54.3 Å². The molecular formula is C21H23N5O. The molecule has 0 unspecified atom stereocenters. The summed E-state index contributed by atoms with van der Waals surface area (Å²) >= 11 is 0. The highest BCUT2D eigenvalue weighted by molar-refractivity contribution is 5.82. The molecule has 27 heavy (non-hydrogen) atoms. The molecule has 1 aliphatic rings. The maximum absolute atomic E-state index is 12.6. The predicted molar refractivity (Wildman–Crippen MR) is 104 cm³/mol. The van der Waals surface area contributed by atoms with Crippen LogP contribution in [-0.2, 0) is 17.9 Å². The van der Waals surface area contributed by atoms with E-state index in [-0.39, 0.29) is 5.91 Å². The van der Waals surface area contributed by atoms with E-state index in [4.69, 9.17) is 0 Å². The molecule has 1 saturated heterocycles. The van der Waals surface area contributed by atoms with Crippen molar-refractivity contribution in [1.29, 1.82) is 0 Å². The van der Waals surface area contributed by atoms with Gasteiger partial charge in [-0.3, -0.25) is 4.79 Å². The predicted octanol–water partition coefficient (Wildman–Crippen LogP) is 2.48. The minimum Gasteiger partial charge on any atom is -0.346 e. The standard InChI is InChI=1S/C21H23N5O/c1-17-2-4-18(5-3-17)14-26-11-10-25(15-21(26)27)20-7-6-19(12-23-20)13-24-9-8-22-16-24/h2-9,12,16H,10-11,13-15H2,1H3. The molecule has 1 amide bonds. The third-order valence-corrected chi connectivity index (χ3v) is 4.87. The van der Waals surface area contributed by atoms with Gasteiger partial charge < -0.3 is 14.4 Å². The molecule has 0 spiro atoms. The van der Waals surface area contributed by atoms with E-state index in [9.17, 15) is 4.79 Å². The van der Waals surface area contributed by atoms with Crippen LogP contribution in [0.2, 0.25) is 0 Å². The highest BCUT2D eigenvalue weighted by Gasteiger charge is 2.24. The summed E-state index contributed by atoms with van der Waals surface area (Å²) in [5.41, 5.74) is 3.52. The SMILES string of the molecule is Cc1ccc(CN2CCN(c3ccc(Cn4ccnc4)cn3)CC2=O)cc1. The number of anilines is 1. The number of amides is 1. The van der Waals surface area contributed by atoms with E-state index in [0.717, 1.165) is 24.5 Å². The first-order valence-corrected chi connectivity index (χ1v) is 9.16. The molecule has 4 rings (SSSR count). The van der Waals surface area contributed by atoms with Crippen molar-refractivity contribution in [3.8, 4) is 0 Å². The van der Waals surface area contributed by atoms with Gasteiger partial charge in [-0.05, 0) is 24.1 Å². The molecule has 0 aliphatic carbocycles. The van der Waals surface area contributed by atoms with Crippen LogP contribution >= 0.6 is 0 Å². The molecule has 0 atom stereocenters. The molecule has 0 radical (unpaired) electrons. The number of pyridine rings is 1. The molecule has 6 heteroatoms. The fraction of sp³-hybridized carbons (Fsp3) is 0.286. The third-order valence-electron chi connectivity index (χ3n) is 4.87. The normalized spacial score (nSPS) is 14.6. The Morgan fingerprint density at radius 3 is 2.48 bits per heavy atom. The monoisotopic (exact) mass is 361 g/mol. The summed E-state index contributed by atoms with van der Waals surface area (Å²) in [6.45, 7) is 5.37. The summed E-state index contributed by atoms with van der Waals surface area (Å²) < 4.78 is 2.00. The van der Waals surface area contributed by atoms with E-state index in [1.165, 1.54) is 11.1 Å². The van der Waals surface area contributed by atoms with Crippen LogP contribution in [0, 0.1) is 6.92 Å². The van der Waals surface area contributed by atoms with Crippen molar-refractivity contribution in [1.82, 2.24) is 19.4 Å². The van der Waals surface area contributed by atoms with Crippen LogP contribution in [-0.4, -0.2) is 45.0 Å². The second-order valence-electron chi connectivity index (χ2n) is 6.98. The van der Waals surface area contributed by atoms with E-state index in [1.54, 1.807) is 12.5 Å². The van der Waals surface area contributed by atoms with Crippen LogP contribution < -0.4 is 4.90 Å². The highest BCUT2D eigenvalue weighted by Crippen LogP contribution is 2.17. The zero-order valence-electron chi connectivity index (χ0n) is 15.5. The van der Waals surface area contributed by atoms with Gasteiger partial charge in [-0.25, -0.2) is 9.97 Å². The van der Waals surface area contributed by atoms with Crippen LogP contribution in [0.15, 0.2) is 61.3 Å². The van der Waals surface area contributed by atoms with Gasteiger partial charge in [0.15, 0.2) is 0 Å². The summed E-state index contributed by atoms with van der Waals surface area (Å²) in [7, 11) is 0. The van der Waals surface area contributed by atoms with Gasteiger partial charge in [0.05, 0.1) is 12.9 Å². The fourth-order valence-electron chi connectivity index (χ4n) is 3.27. The third kappa shape index (κ3) is 4.16. The van der Waals surface area contributed by atoms with E-state index < -0.39 is 0 Å². The molecule has 1 aliphatic heterocycles. The Kier molecular flexibility index (Phi) is 4.87. The van der Waals surface area contributed by atoms with E-state index in [0.29, 0.717) is 19.6 Å². The lowest BCUT2D eigenvalue weighted by molar-refractivity contribution is -0.131.